The predicted molar refractivity (Wildman–Crippen MR) is 96.1 cm³/mol. The Morgan fingerprint density at radius 1 is 1.28 bits per heavy atom. The number of aromatic nitrogens is 1. The van der Waals surface area contributed by atoms with E-state index in [0.717, 1.165) is 11.3 Å². The summed E-state index contributed by atoms with van der Waals surface area (Å²) >= 11 is 1.14. The molecule has 0 spiro atoms. The minimum absolute atomic E-state index is 0.211. The molecule has 0 atom stereocenters. The highest BCUT2D eigenvalue weighted by atomic mass is 32.1. The largest absolute Gasteiger partial charge is 0.480 e. The molecule has 1 aromatic heterocycles. The van der Waals surface area contributed by atoms with Gasteiger partial charge in [0.15, 0.2) is 5.13 Å². The Bertz CT molecular complexity index is 814. The van der Waals surface area contributed by atoms with E-state index < -0.39 is 11.9 Å². The van der Waals surface area contributed by atoms with Crippen LogP contribution in [0.25, 0.3) is 0 Å². The van der Waals surface area contributed by atoms with Crippen LogP contribution in [0.1, 0.15) is 23.0 Å². The SMILES string of the molecule is CC(=O)Nc1cc(NCC(=O)O)ccc1C(=O)Nc1nc(C)c(N)s1. The minimum Gasteiger partial charge on any atom is -0.480 e. The van der Waals surface area contributed by atoms with E-state index in [9.17, 15) is 14.4 Å². The molecule has 0 saturated carbocycles. The lowest BCUT2D eigenvalue weighted by Gasteiger charge is -2.12. The smallest absolute Gasteiger partial charge is 0.322 e. The molecule has 6 N–H and O–H groups in total. The van der Waals surface area contributed by atoms with Gasteiger partial charge in [0, 0.05) is 12.6 Å². The predicted octanol–water partition coefficient (Wildman–Crippen LogP) is 1.74. The summed E-state index contributed by atoms with van der Waals surface area (Å²) in [5.74, 6) is -1.86. The summed E-state index contributed by atoms with van der Waals surface area (Å²) < 4.78 is 0. The van der Waals surface area contributed by atoms with Crippen molar-refractivity contribution in [3.63, 3.8) is 0 Å². The van der Waals surface area contributed by atoms with Gasteiger partial charge in [0.25, 0.3) is 5.91 Å². The van der Waals surface area contributed by atoms with Crippen molar-refractivity contribution in [1.82, 2.24) is 4.98 Å². The van der Waals surface area contributed by atoms with Gasteiger partial charge in [-0.1, -0.05) is 11.3 Å². The maximum Gasteiger partial charge on any atom is 0.322 e. The maximum absolute atomic E-state index is 12.5. The highest BCUT2D eigenvalue weighted by Gasteiger charge is 2.16. The van der Waals surface area contributed by atoms with Crippen molar-refractivity contribution >= 4 is 50.6 Å². The van der Waals surface area contributed by atoms with Crippen LogP contribution in [-0.2, 0) is 9.59 Å². The Labute approximate surface area is 147 Å². The van der Waals surface area contributed by atoms with Crippen molar-refractivity contribution in [2.75, 3.05) is 28.2 Å². The summed E-state index contributed by atoms with van der Waals surface area (Å²) in [6, 6.07) is 4.51. The number of nitrogens with one attached hydrogen (secondary N) is 3. The van der Waals surface area contributed by atoms with E-state index in [1.165, 1.54) is 19.1 Å². The standard InChI is InChI=1S/C15H17N5O4S/c1-7-13(16)25-15(18-7)20-14(24)10-4-3-9(17-6-12(22)23)5-11(10)19-8(2)21/h3-5,17H,6,16H2,1-2H3,(H,19,21)(H,22,23)(H,18,20,24). The molecule has 9 nitrogen and oxygen atoms in total. The summed E-state index contributed by atoms with van der Waals surface area (Å²) in [7, 11) is 0. The van der Waals surface area contributed by atoms with Gasteiger partial charge in [-0.3, -0.25) is 19.7 Å². The number of benzene rings is 1. The molecule has 2 aromatic rings. The molecule has 1 aromatic carbocycles. The summed E-state index contributed by atoms with van der Waals surface area (Å²) in [6.07, 6.45) is 0. The Balaban J connectivity index is 2.26. The molecule has 0 aliphatic rings. The number of nitrogens with two attached hydrogens (primary N) is 1. The molecule has 1 heterocycles. The number of nitrogen functional groups attached to an aromatic ring is 1. The third-order valence-corrected chi connectivity index (χ3v) is 3.97. The van der Waals surface area contributed by atoms with Gasteiger partial charge in [0.1, 0.15) is 11.5 Å². The van der Waals surface area contributed by atoms with E-state index in [0.29, 0.717) is 21.5 Å². The molecular weight excluding hydrogens is 346 g/mol. The van der Waals surface area contributed by atoms with Crippen LogP contribution >= 0.6 is 11.3 Å². The molecule has 132 valence electrons. The fourth-order valence-electron chi connectivity index (χ4n) is 1.95. The molecule has 25 heavy (non-hydrogen) atoms. The lowest BCUT2D eigenvalue weighted by molar-refractivity contribution is -0.135. The summed E-state index contributed by atoms with van der Waals surface area (Å²) in [5, 5.41) is 17.4. The Morgan fingerprint density at radius 3 is 2.56 bits per heavy atom. The molecule has 0 aliphatic heterocycles. The number of anilines is 4. The fourth-order valence-corrected chi connectivity index (χ4v) is 2.68. The van der Waals surface area contributed by atoms with E-state index in [2.05, 4.69) is 20.9 Å². The molecule has 2 amide bonds. The van der Waals surface area contributed by atoms with Crippen LogP contribution in [0.15, 0.2) is 18.2 Å². The number of carbonyl (C=O) groups is 3. The van der Waals surface area contributed by atoms with E-state index >= 15 is 0 Å². The Hall–Kier alpha value is -3.14. The van der Waals surface area contributed by atoms with E-state index in [-0.39, 0.29) is 23.7 Å². The average Bonchev–Trinajstić information content (AvgIpc) is 2.82. The number of hydrogen-bond donors (Lipinski definition) is 5. The second kappa shape index (κ2) is 7.62. The number of rotatable bonds is 6. The van der Waals surface area contributed by atoms with Crippen LogP contribution in [0.2, 0.25) is 0 Å². The van der Waals surface area contributed by atoms with Crippen molar-refractivity contribution in [2.24, 2.45) is 0 Å². The number of thiazole rings is 1. The van der Waals surface area contributed by atoms with Crippen molar-refractivity contribution in [3.8, 4) is 0 Å². The molecule has 0 saturated heterocycles. The second-order valence-electron chi connectivity index (χ2n) is 5.11. The van der Waals surface area contributed by atoms with Crippen molar-refractivity contribution in [1.29, 1.82) is 0 Å². The number of amides is 2. The van der Waals surface area contributed by atoms with E-state index in [4.69, 9.17) is 10.8 Å². The average molecular weight is 363 g/mol. The first-order valence-electron chi connectivity index (χ1n) is 7.18. The number of carboxylic acid groups (broad SMARTS) is 1. The number of aliphatic carboxylic acids is 1. The Morgan fingerprint density at radius 2 is 2.00 bits per heavy atom. The third kappa shape index (κ3) is 4.91. The minimum atomic E-state index is -1.03. The van der Waals surface area contributed by atoms with Crippen molar-refractivity contribution in [2.45, 2.75) is 13.8 Å². The van der Waals surface area contributed by atoms with Crippen LogP contribution in [0.5, 0.6) is 0 Å². The zero-order chi connectivity index (χ0) is 18.6. The van der Waals surface area contributed by atoms with E-state index in [1.54, 1.807) is 13.0 Å². The summed E-state index contributed by atoms with van der Waals surface area (Å²) in [6.45, 7) is 2.75. The van der Waals surface area contributed by atoms with Gasteiger partial charge in [-0.2, -0.15) is 0 Å². The number of carboxylic acids is 1. The number of nitrogens with zero attached hydrogens (tertiary/aromatic N) is 1. The molecule has 0 bridgehead atoms. The molecule has 10 heteroatoms. The quantitative estimate of drug-likeness (QED) is 0.525. The summed E-state index contributed by atoms with van der Waals surface area (Å²) in [5.41, 5.74) is 7.26. The van der Waals surface area contributed by atoms with Gasteiger partial charge in [-0.25, -0.2) is 4.98 Å². The molecule has 0 radical (unpaired) electrons. The van der Waals surface area contributed by atoms with Crippen molar-refractivity contribution in [3.05, 3.63) is 29.5 Å². The zero-order valence-corrected chi connectivity index (χ0v) is 14.4. The van der Waals surface area contributed by atoms with E-state index in [1.807, 2.05) is 0 Å². The number of aryl methyl sites for hydroxylation is 1. The van der Waals surface area contributed by atoms with Crippen LogP contribution in [0.3, 0.4) is 0 Å². The second-order valence-corrected chi connectivity index (χ2v) is 6.14. The van der Waals surface area contributed by atoms with Crippen molar-refractivity contribution < 1.29 is 19.5 Å². The molecule has 2 rings (SSSR count). The topological polar surface area (TPSA) is 146 Å². The molecule has 0 fully saturated rings. The number of hydrogen-bond acceptors (Lipinski definition) is 7. The monoisotopic (exact) mass is 363 g/mol. The van der Waals surface area contributed by atoms with Crippen LogP contribution in [-0.4, -0.2) is 34.4 Å². The van der Waals surface area contributed by atoms with Crippen LogP contribution in [0, 0.1) is 6.92 Å². The van der Waals surface area contributed by atoms with Gasteiger partial charge in [0.2, 0.25) is 5.91 Å². The highest BCUT2D eigenvalue weighted by molar-refractivity contribution is 7.19. The van der Waals surface area contributed by atoms with Gasteiger partial charge >= 0.3 is 5.97 Å². The lowest BCUT2D eigenvalue weighted by Crippen LogP contribution is -2.17. The first-order valence-corrected chi connectivity index (χ1v) is 7.99. The molecule has 0 unspecified atom stereocenters. The first kappa shape index (κ1) is 18.2. The zero-order valence-electron chi connectivity index (χ0n) is 13.5. The first-order chi connectivity index (χ1) is 11.8. The number of carbonyl (C=O) groups excluding carboxylic acids is 2. The molecule has 0 aliphatic carbocycles. The maximum atomic E-state index is 12.5. The third-order valence-electron chi connectivity index (χ3n) is 3.07. The van der Waals surface area contributed by atoms with Crippen LogP contribution < -0.4 is 21.7 Å². The van der Waals surface area contributed by atoms with Gasteiger partial charge in [-0.05, 0) is 25.1 Å². The summed E-state index contributed by atoms with van der Waals surface area (Å²) in [4.78, 5) is 38.6. The molecular formula is C15H17N5O4S. The van der Waals surface area contributed by atoms with Gasteiger partial charge in [-0.15, -0.1) is 0 Å². The Kier molecular flexibility index (Phi) is 5.55. The normalized spacial score (nSPS) is 10.2. The highest BCUT2D eigenvalue weighted by Crippen LogP contribution is 2.27. The van der Waals surface area contributed by atoms with Gasteiger partial charge < -0.3 is 21.5 Å². The fraction of sp³-hybridized carbons (Fsp3) is 0.200. The lowest BCUT2D eigenvalue weighted by atomic mass is 10.1. The van der Waals surface area contributed by atoms with Crippen LogP contribution in [0.4, 0.5) is 21.5 Å². The van der Waals surface area contributed by atoms with Gasteiger partial charge in [0.05, 0.1) is 16.9 Å².